The Morgan fingerprint density at radius 2 is 1.75 bits per heavy atom. The van der Waals surface area contributed by atoms with E-state index in [0.717, 1.165) is 5.56 Å². The average molecular weight is 398 g/mol. The minimum atomic E-state index is -3.77. The maximum Gasteiger partial charge on any atom is 0.251 e. The van der Waals surface area contributed by atoms with Crippen LogP contribution in [0.15, 0.2) is 78.0 Å². The van der Waals surface area contributed by atoms with E-state index in [9.17, 15) is 17.6 Å². The van der Waals surface area contributed by atoms with Crippen molar-refractivity contribution in [3.63, 3.8) is 0 Å². The van der Waals surface area contributed by atoms with Crippen LogP contribution >= 0.6 is 0 Å². The van der Waals surface area contributed by atoms with Gasteiger partial charge in [0.05, 0.1) is 4.90 Å². The SMILES string of the molecule is Cc1ccc(S(=O)(=O)C(CNC(=O)c2ccc(F)cc2)c2cccnc2)cc1. The number of sulfone groups is 1. The summed E-state index contributed by atoms with van der Waals surface area (Å²) in [6, 6.07) is 14.9. The Kier molecular flexibility index (Phi) is 5.84. The molecule has 7 heteroatoms. The Balaban J connectivity index is 1.88. The lowest BCUT2D eigenvalue weighted by Crippen LogP contribution is -2.32. The van der Waals surface area contributed by atoms with Gasteiger partial charge in [-0.05, 0) is 55.0 Å². The number of carbonyl (C=O) groups is 1. The van der Waals surface area contributed by atoms with Gasteiger partial charge in [0.25, 0.3) is 5.91 Å². The molecule has 1 aromatic heterocycles. The van der Waals surface area contributed by atoms with E-state index < -0.39 is 26.8 Å². The van der Waals surface area contributed by atoms with Crippen molar-refractivity contribution in [2.24, 2.45) is 0 Å². The molecule has 3 rings (SSSR count). The second kappa shape index (κ2) is 8.31. The molecule has 1 unspecified atom stereocenters. The van der Waals surface area contributed by atoms with Crippen LogP contribution in [0.2, 0.25) is 0 Å². The number of benzene rings is 2. The number of carbonyl (C=O) groups excluding carboxylic acids is 1. The molecule has 28 heavy (non-hydrogen) atoms. The smallest absolute Gasteiger partial charge is 0.251 e. The van der Waals surface area contributed by atoms with E-state index in [2.05, 4.69) is 10.3 Å². The van der Waals surface area contributed by atoms with E-state index in [1.165, 1.54) is 30.5 Å². The van der Waals surface area contributed by atoms with E-state index in [4.69, 9.17) is 0 Å². The molecule has 1 N–H and O–H groups in total. The van der Waals surface area contributed by atoms with Crippen molar-refractivity contribution in [2.45, 2.75) is 17.1 Å². The lowest BCUT2D eigenvalue weighted by Gasteiger charge is -2.19. The van der Waals surface area contributed by atoms with Crippen molar-refractivity contribution in [3.8, 4) is 0 Å². The van der Waals surface area contributed by atoms with Crippen molar-refractivity contribution in [1.29, 1.82) is 0 Å². The Bertz CT molecular complexity index is 1050. The maximum absolute atomic E-state index is 13.2. The van der Waals surface area contributed by atoms with E-state index in [1.54, 1.807) is 42.6 Å². The highest BCUT2D eigenvalue weighted by atomic mass is 32.2. The third-order valence-corrected chi connectivity index (χ3v) is 6.45. The Morgan fingerprint density at radius 3 is 2.36 bits per heavy atom. The Hall–Kier alpha value is -3.06. The molecule has 0 radical (unpaired) electrons. The summed E-state index contributed by atoms with van der Waals surface area (Å²) in [5, 5.41) is 1.63. The number of hydrogen-bond donors (Lipinski definition) is 1. The first kappa shape index (κ1) is 19.7. The average Bonchev–Trinajstić information content (AvgIpc) is 2.69. The summed E-state index contributed by atoms with van der Waals surface area (Å²) in [4.78, 5) is 16.5. The van der Waals surface area contributed by atoms with Crippen molar-refractivity contribution in [3.05, 3.63) is 95.6 Å². The normalized spacial score (nSPS) is 12.4. The minimum absolute atomic E-state index is 0.141. The van der Waals surface area contributed by atoms with Gasteiger partial charge in [-0.1, -0.05) is 23.8 Å². The van der Waals surface area contributed by atoms with Crippen LogP contribution in [0.3, 0.4) is 0 Å². The van der Waals surface area contributed by atoms with Gasteiger partial charge in [-0.25, -0.2) is 12.8 Å². The van der Waals surface area contributed by atoms with Crippen LogP contribution in [0.5, 0.6) is 0 Å². The van der Waals surface area contributed by atoms with Gasteiger partial charge in [0, 0.05) is 24.5 Å². The van der Waals surface area contributed by atoms with Gasteiger partial charge in [0.2, 0.25) is 0 Å². The first-order valence-electron chi connectivity index (χ1n) is 8.62. The molecule has 0 saturated heterocycles. The standard InChI is InChI=1S/C21H19FN2O3S/c1-15-4-10-19(11-5-15)28(26,27)20(17-3-2-12-23-13-17)14-24-21(25)16-6-8-18(22)9-7-16/h2-13,20H,14H2,1H3,(H,24,25). The number of nitrogens with one attached hydrogen (secondary N) is 1. The number of halogens is 1. The quantitative estimate of drug-likeness (QED) is 0.690. The van der Waals surface area contributed by atoms with Crippen LogP contribution in [0.4, 0.5) is 4.39 Å². The monoisotopic (exact) mass is 398 g/mol. The van der Waals surface area contributed by atoms with Crippen LogP contribution in [-0.4, -0.2) is 25.9 Å². The lowest BCUT2D eigenvalue weighted by atomic mass is 10.2. The molecule has 0 aliphatic rings. The number of amides is 1. The highest BCUT2D eigenvalue weighted by molar-refractivity contribution is 7.91. The van der Waals surface area contributed by atoms with Crippen LogP contribution in [-0.2, 0) is 9.84 Å². The van der Waals surface area contributed by atoms with Crippen LogP contribution in [0, 0.1) is 12.7 Å². The van der Waals surface area contributed by atoms with Gasteiger partial charge in [-0.3, -0.25) is 9.78 Å². The zero-order chi connectivity index (χ0) is 20.1. The molecular weight excluding hydrogens is 379 g/mol. The van der Waals surface area contributed by atoms with E-state index in [0.29, 0.717) is 5.56 Å². The summed E-state index contributed by atoms with van der Waals surface area (Å²) in [5.74, 6) is -0.931. The van der Waals surface area contributed by atoms with Gasteiger partial charge in [0.1, 0.15) is 11.1 Å². The fraction of sp³-hybridized carbons (Fsp3) is 0.143. The van der Waals surface area contributed by atoms with Crippen molar-refractivity contribution in [1.82, 2.24) is 10.3 Å². The Morgan fingerprint density at radius 1 is 1.07 bits per heavy atom. The predicted octanol–water partition coefficient (Wildman–Crippen LogP) is 3.47. The molecule has 0 bridgehead atoms. The molecule has 1 atom stereocenters. The number of rotatable bonds is 6. The third kappa shape index (κ3) is 4.43. The van der Waals surface area contributed by atoms with Gasteiger partial charge in [-0.2, -0.15) is 0 Å². The summed E-state index contributed by atoms with van der Waals surface area (Å²) < 4.78 is 39.5. The van der Waals surface area contributed by atoms with E-state index >= 15 is 0 Å². The molecule has 1 heterocycles. The maximum atomic E-state index is 13.2. The third-order valence-electron chi connectivity index (χ3n) is 4.33. The molecule has 1 amide bonds. The van der Waals surface area contributed by atoms with Crippen molar-refractivity contribution >= 4 is 15.7 Å². The number of pyridine rings is 1. The number of aromatic nitrogens is 1. The molecule has 0 fully saturated rings. The van der Waals surface area contributed by atoms with Gasteiger partial charge < -0.3 is 5.32 Å². The van der Waals surface area contributed by atoms with E-state index in [1.807, 2.05) is 6.92 Å². The minimum Gasteiger partial charge on any atom is -0.350 e. The number of nitrogens with zero attached hydrogens (tertiary/aromatic N) is 1. The van der Waals surface area contributed by atoms with Crippen LogP contribution in [0.1, 0.15) is 26.7 Å². The fourth-order valence-corrected chi connectivity index (χ4v) is 4.40. The molecule has 0 saturated carbocycles. The zero-order valence-corrected chi connectivity index (χ0v) is 16.0. The summed E-state index contributed by atoms with van der Waals surface area (Å²) in [6.07, 6.45) is 3.02. The van der Waals surface area contributed by atoms with Gasteiger partial charge in [-0.15, -0.1) is 0 Å². The molecular formula is C21H19FN2O3S. The highest BCUT2D eigenvalue weighted by Gasteiger charge is 2.30. The van der Waals surface area contributed by atoms with Crippen molar-refractivity contribution < 1.29 is 17.6 Å². The summed E-state index contributed by atoms with van der Waals surface area (Å²) in [5.41, 5.74) is 1.67. The first-order chi connectivity index (χ1) is 13.4. The second-order valence-corrected chi connectivity index (χ2v) is 8.48. The van der Waals surface area contributed by atoms with Gasteiger partial charge in [0.15, 0.2) is 9.84 Å². The van der Waals surface area contributed by atoms with Gasteiger partial charge >= 0.3 is 0 Å². The predicted molar refractivity (Wildman–Crippen MR) is 104 cm³/mol. The van der Waals surface area contributed by atoms with Crippen molar-refractivity contribution in [2.75, 3.05) is 6.54 Å². The largest absolute Gasteiger partial charge is 0.350 e. The molecule has 144 valence electrons. The summed E-state index contributed by atoms with van der Waals surface area (Å²) >= 11 is 0. The summed E-state index contributed by atoms with van der Waals surface area (Å²) in [7, 11) is -3.77. The van der Waals surface area contributed by atoms with Crippen LogP contribution < -0.4 is 5.32 Å². The highest BCUT2D eigenvalue weighted by Crippen LogP contribution is 2.28. The number of aryl methyl sites for hydroxylation is 1. The zero-order valence-electron chi connectivity index (χ0n) is 15.2. The molecule has 0 aliphatic heterocycles. The molecule has 2 aromatic carbocycles. The molecule has 5 nitrogen and oxygen atoms in total. The summed E-state index contributed by atoms with van der Waals surface area (Å²) in [6.45, 7) is 1.73. The molecule has 3 aromatic rings. The lowest BCUT2D eigenvalue weighted by molar-refractivity contribution is 0.0953. The van der Waals surface area contributed by atoms with Crippen LogP contribution in [0.25, 0.3) is 0 Å². The topological polar surface area (TPSA) is 76.1 Å². The molecule has 0 spiro atoms. The molecule has 0 aliphatic carbocycles. The first-order valence-corrected chi connectivity index (χ1v) is 10.2. The number of hydrogen-bond acceptors (Lipinski definition) is 4. The second-order valence-electron chi connectivity index (χ2n) is 6.35. The van der Waals surface area contributed by atoms with E-state index in [-0.39, 0.29) is 17.0 Å². The fourth-order valence-electron chi connectivity index (χ4n) is 2.75. The Labute approximate surface area is 163 Å².